The minimum atomic E-state index is -0.128. The van der Waals surface area contributed by atoms with Gasteiger partial charge in [0, 0.05) is 20.1 Å². The second-order valence-corrected chi connectivity index (χ2v) is 7.60. The van der Waals surface area contributed by atoms with Gasteiger partial charge in [-0.2, -0.15) is 4.98 Å². The fourth-order valence-corrected chi connectivity index (χ4v) is 3.59. The van der Waals surface area contributed by atoms with Crippen LogP contribution in [0, 0.1) is 13.8 Å². The summed E-state index contributed by atoms with van der Waals surface area (Å²) < 4.78 is 5.65. The first kappa shape index (κ1) is 17.5. The van der Waals surface area contributed by atoms with E-state index in [0.29, 0.717) is 16.4 Å². The van der Waals surface area contributed by atoms with E-state index in [9.17, 15) is 9.59 Å². The molecular formula is C17H23N4O3S+. The molecule has 0 spiro atoms. The summed E-state index contributed by atoms with van der Waals surface area (Å²) in [5.74, 6) is 0.272. The van der Waals surface area contributed by atoms with Crippen LogP contribution < -0.4 is 20.8 Å². The predicted octanol–water partition coefficient (Wildman–Crippen LogP) is 1.27. The number of fused-ring (bicyclic) bond motifs is 1. The lowest BCUT2D eigenvalue weighted by Crippen LogP contribution is -2.29. The Balaban J connectivity index is 1.94. The lowest BCUT2D eigenvalue weighted by atomic mass is 10.1. The molecule has 1 fully saturated rings. The Labute approximate surface area is 150 Å². The average Bonchev–Trinajstić information content (AvgIpc) is 3.30. The molecular weight excluding hydrogens is 340 g/mol. The Bertz CT molecular complexity index is 855. The summed E-state index contributed by atoms with van der Waals surface area (Å²) in [5, 5.41) is 3.81. The largest absolute Gasteiger partial charge is 0.434 e. The number of thiophene rings is 1. The second-order valence-electron chi connectivity index (χ2n) is 6.58. The number of rotatable bonds is 5. The van der Waals surface area contributed by atoms with Crippen LogP contribution in [0.5, 0.6) is 5.88 Å². The normalized spacial score (nSPS) is 13.8. The molecule has 1 aliphatic carbocycles. The van der Waals surface area contributed by atoms with Crippen molar-refractivity contribution in [3.63, 3.8) is 0 Å². The number of nitrogen functional groups attached to an aromatic ring is 1. The number of aromatic amines is 1. The van der Waals surface area contributed by atoms with Gasteiger partial charge in [-0.3, -0.25) is 9.59 Å². The van der Waals surface area contributed by atoms with E-state index in [2.05, 4.69) is 10.3 Å². The van der Waals surface area contributed by atoms with Crippen LogP contribution in [-0.2, 0) is 4.79 Å². The van der Waals surface area contributed by atoms with Gasteiger partial charge in [0.15, 0.2) is 6.61 Å². The molecule has 0 bridgehead atoms. The highest BCUT2D eigenvalue weighted by atomic mass is 32.1. The van der Waals surface area contributed by atoms with E-state index >= 15 is 0 Å². The quantitative estimate of drug-likeness (QED) is 0.836. The number of hydrogen-bond acceptors (Lipinski definition) is 5. The Morgan fingerprint density at radius 1 is 1.32 bits per heavy atom. The smallest absolute Gasteiger partial charge is 0.371 e. The number of anilines is 1. The van der Waals surface area contributed by atoms with Crippen LogP contribution in [0.15, 0.2) is 0 Å². The van der Waals surface area contributed by atoms with E-state index < -0.39 is 0 Å². The van der Waals surface area contributed by atoms with Crippen molar-refractivity contribution in [2.45, 2.75) is 32.7 Å². The van der Waals surface area contributed by atoms with Gasteiger partial charge in [-0.1, -0.05) is 11.3 Å². The molecule has 0 saturated heterocycles. The van der Waals surface area contributed by atoms with Crippen LogP contribution in [0.3, 0.4) is 0 Å². The SMILES string of the molecule is Cc1c(OCC(=O)N(C)C)[nH+]c2sc(C(=O)NC3CC3)c(N)c2c1C. The fourth-order valence-electron chi connectivity index (χ4n) is 2.51. The average molecular weight is 363 g/mol. The fraction of sp³-hybridized carbons (Fsp3) is 0.471. The van der Waals surface area contributed by atoms with Gasteiger partial charge in [0.25, 0.3) is 16.6 Å². The highest BCUT2D eigenvalue weighted by Crippen LogP contribution is 2.36. The lowest BCUT2D eigenvalue weighted by Gasteiger charge is -2.10. The van der Waals surface area contributed by atoms with Gasteiger partial charge in [-0.05, 0) is 32.3 Å². The third-order valence-corrected chi connectivity index (χ3v) is 5.53. The van der Waals surface area contributed by atoms with Crippen molar-refractivity contribution < 1.29 is 19.3 Å². The van der Waals surface area contributed by atoms with Crippen LogP contribution in [0.4, 0.5) is 5.69 Å². The third-order valence-electron chi connectivity index (χ3n) is 4.41. The molecule has 2 amide bonds. The van der Waals surface area contributed by atoms with Gasteiger partial charge in [0.2, 0.25) is 0 Å². The number of ether oxygens (including phenoxy) is 1. The Hall–Kier alpha value is -2.35. The standard InChI is InChI=1S/C17H22N4O3S/c1-8-9(2)16(24-7-11(22)21(3)4)20-17-12(8)13(18)14(25-17)15(23)19-10-5-6-10/h10H,5-7,18H2,1-4H3,(H,19,23)/p+1. The molecule has 134 valence electrons. The van der Waals surface area contributed by atoms with Gasteiger partial charge in [-0.25, -0.2) is 0 Å². The number of hydrogen-bond donors (Lipinski definition) is 2. The molecule has 0 atom stereocenters. The molecule has 7 nitrogen and oxygen atoms in total. The molecule has 2 aromatic rings. The summed E-state index contributed by atoms with van der Waals surface area (Å²) in [6.07, 6.45) is 2.05. The maximum Gasteiger partial charge on any atom is 0.371 e. The van der Waals surface area contributed by atoms with Gasteiger partial charge in [-0.15, -0.1) is 0 Å². The highest BCUT2D eigenvalue weighted by molar-refractivity contribution is 7.20. The van der Waals surface area contributed by atoms with Gasteiger partial charge < -0.3 is 20.7 Å². The monoisotopic (exact) mass is 363 g/mol. The number of nitrogens with two attached hydrogens (primary N) is 1. The zero-order chi connectivity index (χ0) is 18.3. The molecule has 2 heterocycles. The van der Waals surface area contributed by atoms with E-state index in [1.54, 1.807) is 14.1 Å². The van der Waals surface area contributed by atoms with Crippen molar-refractivity contribution >= 4 is 39.1 Å². The molecule has 25 heavy (non-hydrogen) atoms. The molecule has 1 aliphatic rings. The molecule has 0 unspecified atom stereocenters. The zero-order valence-electron chi connectivity index (χ0n) is 14.9. The van der Waals surface area contributed by atoms with Gasteiger partial charge in [0.1, 0.15) is 4.88 Å². The molecule has 4 N–H and O–H groups in total. The summed E-state index contributed by atoms with van der Waals surface area (Å²) in [6.45, 7) is 3.80. The van der Waals surface area contributed by atoms with Crippen molar-refractivity contribution in [2.24, 2.45) is 0 Å². The topological polar surface area (TPSA) is 98.8 Å². The van der Waals surface area contributed by atoms with Crippen LogP contribution >= 0.6 is 11.3 Å². The number of H-pyrrole nitrogens is 1. The number of aryl methyl sites for hydroxylation is 1. The van der Waals surface area contributed by atoms with Gasteiger partial charge in [0.05, 0.1) is 16.6 Å². The maximum atomic E-state index is 12.4. The number of amides is 2. The molecule has 0 radical (unpaired) electrons. The summed E-state index contributed by atoms with van der Waals surface area (Å²) in [7, 11) is 3.36. The molecule has 3 rings (SSSR count). The van der Waals surface area contributed by atoms with Crippen molar-refractivity contribution in [3.8, 4) is 5.88 Å². The first-order chi connectivity index (χ1) is 11.8. The first-order valence-electron chi connectivity index (χ1n) is 8.17. The Kier molecular flexibility index (Phi) is 4.55. The van der Waals surface area contributed by atoms with Crippen molar-refractivity contribution in [3.05, 3.63) is 16.0 Å². The maximum absolute atomic E-state index is 12.4. The molecule has 2 aromatic heterocycles. The number of nitrogens with one attached hydrogen (secondary N) is 2. The third kappa shape index (κ3) is 3.39. The van der Waals surface area contributed by atoms with Crippen molar-refractivity contribution in [2.75, 3.05) is 26.4 Å². The molecule has 0 aromatic carbocycles. The minimum Gasteiger partial charge on any atom is -0.434 e. The lowest BCUT2D eigenvalue weighted by molar-refractivity contribution is -0.360. The van der Waals surface area contributed by atoms with Crippen LogP contribution in [0.25, 0.3) is 10.2 Å². The van der Waals surface area contributed by atoms with Crippen LogP contribution in [0.2, 0.25) is 0 Å². The van der Waals surface area contributed by atoms with Crippen molar-refractivity contribution in [1.29, 1.82) is 0 Å². The number of aromatic nitrogens is 1. The summed E-state index contributed by atoms with van der Waals surface area (Å²) in [6, 6.07) is 0.278. The Morgan fingerprint density at radius 3 is 2.60 bits per heavy atom. The minimum absolute atomic E-state index is 0.0504. The summed E-state index contributed by atoms with van der Waals surface area (Å²) in [4.78, 5) is 30.1. The van der Waals surface area contributed by atoms with E-state index in [0.717, 1.165) is 34.2 Å². The number of carbonyl (C=O) groups is 2. The number of likely N-dealkylation sites (N-methyl/N-ethyl adjacent to an activating group) is 1. The van der Waals surface area contributed by atoms with Gasteiger partial charge >= 0.3 is 5.88 Å². The van der Waals surface area contributed by atoms with E-state index in [1.807, 2.05) is 13.8 Å². The van der Waals surface area contributed by atoms with Crippen LogP contribution in [-0.4, -0.2) is 43.5 Å². The number of pyridine rings is 1. The molecule has 1 saturated carbocycles. The summed E-state index contributed by atoms with van der Waals surface area (Å²) in [5.41, 5.74) is 8.55. The predicted molar refractivity (Wildman–Crippen MR) is 96.9 cm³/mol. The first-order valence-corrected chi connectivity index (χ1v) is 8.99. The molecule has 8 heteroatoms. The van der Waals surface area contributed by atoms with E-state index in [1.165, 1.54) is 16.2 Å². The van der Waals surface area contributed by atoms with Crippen LogP contribution in [0.1, 0.15) is 33.6 Å². The summed E-state index contributed by atoms with van der Waals surface area (Å²) >= 11 is 1.31. The molecule has 0 aliphatic heterocycles. The number of nitrogens with zero attached hydrogens (tertiary/aromatic N) is 1. The highest BCUT2D eigenvalue weighted by Gasteiger charge is 2.29. The van der Waals surface area contributed by atoms with E-state index in [-0.39, 0.29) is 24.5 Å². The second kappa shape index (κ2) is 6.51. The number of carbonyl (C=O) groups excluding carboxylic acids is 2. The Morgan fingerprint density at radius 2 is 2.00 bits per heavy atom. The van der Waals surface area contributed by atoms with Crippen molar-refractivity contribution in [1.82, 2.24) is 10.2 Å². The zero-order valence-corrected chi connectivity index (χ0v) is 15.7. The van der Waals surface area contributed by atoms with E-state index in [4.69, 9.17) is 10.5 Å².